The van der Waals surface area contributed by atoms with Gasteiger partial charge in [-0.15, -0.1) is 0 Å². The van der Waals surface area contributed by atoms with Crippen LogP contribution in [0.3, 0.4) is 0 Å². The average molecular weight is 170 g/mol. The minimum atomic E-state index is -0.384. The van der Waals surface area contributed by atoms with Crippen molar-refractivity contribution in [3.8, 4) is 0 Å². The molecule has 0 saturated carbocycles. The molecule has 12 heavy (non-hydrogen) atoms. The molecule has 0 aliphatic rings. The number of esters is 1. The molecule has 0 atom stereocenters. The van der Waals surface area contributed by atoms with Crippen LogP contribution in [0.2, 0.25) is 0 Å². The summed E-state index contributed by atoms with van der Waals surface area (Å²) in [6, 6.07) is 0. The number of carbonyl (C=O) groups excluding carboxylic acids is 2. The Hall–Kier alpha value is -1.12. The lowest BCUT2D eigenvalue weighted by molar-refractivity contribution is -0.137. The van der Waals surface area contributed by atoms with Crippen LogP contribution in [0.1, 0.15) is 25.7 Å². The predicted octanol–water partition coefficient (Wildman–Crippen LogP) is 1.47. The minimum absolute atomic E-state index is 0.384. The number of aldehydes is 1. The van der Waals surface area contributed by atoms with Crippen molar-refractivity contribution in [3.05, 3.63) is 12.7 Å². The summed E-state index contributed by atoms with van der Waals surface area (Å²) in [7, 11) is 0. The highest BCUT2D eigenvalue weighted by molar-refractivity contribution is 5.81. The number of unbranched alkanes of at least 4 members (excludes halogenated alkanes) is 3. The molecule has 0 aromatic rings. The van der Waals surface area contributed by atoms with Crippen LogP contribution in [0, 0.1) is 0 Å². The lowest BCUT2D eigenvalue weighted by Gasteiger charge is -1.99. The van der Waals surface area contributed by atoms with Gasteiger partial charge >= 0.3 is 5.97 Å². The van der Waals surface area contributed by atoms with Crippen molar-refractivity contribution in [1.82, 2.24) is 0 Å². The largest absolute Gasteiger partial charge is 0.463 e. The van der Waals surface area contributed by atoms with Gasteiger partial charge in [0.15, 0.2) is 0 Å². The standard InChI is InChI=1S/C9H14O3/c1-2-9(11)12-8-6-4-3-5-7-10/h2,7H,1,3-6,8H2. The van der Waals surface area contributed by atoms with Crippen molar-refractivity contribution >= 4 is 12.3 Å². The zero-order valence-corrected chi connectivity index (χ0v) is 7.12. The molecule has 0 N–H and O–H groups in total. The summed E-state index contributed by atoms with van der Waals surface area (Å²) >= 11 is 0. The first-order valence-electron chi connectivity index (χ1n) is 4.04. The van der Waals surface area contributed by atoms with Gasteiger partial charge in [-0.1, -0.05) is 6.58 Å². The fourth-order valence-corrected chi connectivity index (χ4v) is 0.738. The molecule has 0 saturated heterocycles. The van der Waals surface area contributed by atoms with Crippen molar-refractivity contribution in [2.24, 2.45) is 0 Å². The molecule has 0 unspecified atom stereocenters. The summed E-state index contributed by atoms with van der Waals surface area (Å²) in [5, 5.41) is 0. The highest BCUT2D eigenvalue weighted by Gasteiger charge is 1.94. The molecule has 0 spiro atoms. The number of carbonyl (C=O) groups is 2. The summed E-state index contributed by atoms with van der Waals surface area (Å²) in [6.07, 6.45) is 5.24. The van der Waals surface area contributed by atoms with E-state index in [2.05, 4.69) is 6.58 Å². The third-order valence-electron chi connectivity index (χ3n) is 1.38. The van der Waals surface area contributed by atoms with E-state index in [0.717, 1.165) is 31.6 Å². The minimum Gasteiger partial charge on any atom is -0.463 e. The van der Waals surface area contributed by atoms with Crippen molar-refractivity contribution in [1.29, 1.82) is 0 Å². The molecule has 3 heteroatoms. The lowest BCUT2D eigenvalue weighted by atomic mass is 10.2. The van der Waals surface area contributed by atoms with Crippen LogP contribution in [-0.4, -0.2) is 18.9 Å². The van der Waals surface area contributed by atoms with E-state index in [0.29, 0.717) is 13.0 Å². The summed E-state index contributed by atoms with van der Waals surface area (Å²) < 4.78 is 4.73. The van der Waals surface area contributed by atoms with Crippen molar-refractivity contribution in [2.75, 3.05) is 6.61 Å². The number of hydrogen-bond donors (Lipinski definition) is 0. The normalized spacial score (nSPS) is 9.00. The van der Waals surface area contributed by atoms with E-state index >= 15 is 0 Å². The fourth-order valence-electron chi connectivity index (χ4n) is 0.738. The maximum atomic E-state index is 10.5. The second-order valence-electron chi connectivity index (χ2n) is 2.39. The molecule has 0 aliphatic carbocycles. The monoisotopic (exact) mass is 170 g/mol. The Morgan fingerprint density at radius 1 is 1.33 bits per heavy atom. The van der Waals surface area contributed by atoms with Gasteiger partial charge in [-0.3, -0.25) is 0 Å². The average Bonchev–Trinajstić information content (AvgIpc) is 2.10. The van der Waals surface area contributed by atoms with E-state index in [1.807, 2.05) is 0 Å². The van der Waals surface area contributed by atoms with Gasteiger partial charge in [-0.05, 0) is 19.3 Å². The van der Waals surface area contributed by atoms with Gasteiger partial charge in [0, 0.05) is 12.5 Å². The molecular formula is C9H14O3. The molecule has 68 valence electrons. The molecule has 3 nitrogen and oxygen atoms in total. The van der Waals surface area contributed by atoms with Gasteiger partial charge in [-0.2, -0.15) is 0 Å². The van der Waals surface area contributed by atoms with Gasteiger partial charge in [0.25, 0.3) is 0 Å². The molecule has 0 heterocycles. The lowest BCUT2D eigenvalue weighted by Crippen LogP contribution is -2.01. The van der Waals surface area contributed by atoms with E-state index < -0.39 is 0 Å². The number of hydrogen-bond acceptors (Lipinski definition) is 3. The second-order valence-corrected chi connectivity index (χ2v) is 2.39. The van der Waals surface area contributed by atoms with Gasteiger partial charge < -0.3 is 9.53 Å². The van der Waals surface area contributed by atoms with Gasteiger partial charge in [-0.25, -0.2) is 4.79 Å². The summed E-state index contributed by atoms with van der Waals surface area (Å²) in [5.74, 6) is -0.384. The molecule has 0 aliphatic heterocycles. The van der Waals surface area contributed by atoms with Crippen LogP contribution in [0.4, 0.5) is 0 Å². The van der Waals surface area contributed by atoms with E-state index in [4.69, 9.17) is 4.74 Å². The van der Waals surface area contributed by atoms with Crippen molar-refractivity contribution < 1.29 is 14.3 Å². The van der Waals surface area contributed by atoms with Crippen LogP contribution in [0.25, 0.3) is 0 Å². The van der Waals surface area contributed by atoms with Crippen molar-refractivity contribution in [3.63, 3.8) is 0 Å². The van der Waals surface area contributed by atoms with Gasteiger partial charge in [0.05, 0.1) is 6.61 Å². The molecule has 0 radical (unpaired) electrons. The molecule has 0 aromatic carbocycles. The Morgan fingerprint density at radius 3 is 2.67 bits per heavy atom. The van der Waals surface area contributed by atoms with Gasteiger partial charge in [0.1, 0.15) is 6.29 Å². The van der Waals surface area contributed by atoms with Crippen LogP contribution < -0.4 is 0 Å². The Morgan fingerprint density at radius 2 is 2.08 bits per heavy atom. The molecule has 0 aromatic heterocycles. The molecule has 0 rings (SSSR count). The topological polar surface area (TPSA) is 43.4 Å². The quantitative estimate of drug-likeness (QED) is 0.251. The molecule has 0 amide bonds. The highest BCUT2D eigenvalue weighted by atomic mass is 16.5. The number of rotatable bonds is 7. The van der Waals surface area contributed by atoms with Crippen LogP contribution in [0.5, 0.6) is 0 Å². The highest BCUT2D eigenvalue weighted by Crippen LogP contribution is 1.98. The molecule has 0 bridgehead atoms. The van der Waals surface area contributed by atoms with E-state index in [1.54, 1.807) is 0 Å². The first kappa shape index (κ1) is 10.9. The van der Waals surface area contributed by atoms with E-state index in [9.17, 15) is 9.59 Å². The van der Waals surface area contributed by atoms with E-state index in [1.165, 1.54) is 0 Å². The maximum absolute atomic E-state index is 10.5. The van der Waals surface area contributed by atoms with Crippen LogP contribution >= 0.6 is 0 Å². The van der Waals surface area contributed by atoms with Crippen LogP contribution in [0.15, 0.2) is 12.7 Å². The first-order chi connectivity index (χ1) is 5.81. The summed E-state index contributed by atoms with van der Waals surface area (Å²) in [6.45, 7) is 3.69. The molecular weight excluding hydrogens is 156 g/mol. The van der Waals surface area contributed by atoms with E-state index in [-0.39, 0.29) is 5.97 Å². The predicted molar refractivity (Wildman–Crippen MR) is 45.7 cm³/mol. The Labute approximate surface area is 72.4 Å². The van der Waals surface area contributed by atoms with Crippen LogP contribution in [-0.2, 0) is 14.3 Å². The SMILES string of the molecule is C=CC(=O)OCCCCCC=O. The summed E-state index contributed by atoms with van der Waals surface area (Å²) in [4.78, 5) is 20.4. The fraction of sp³-hybridized carbons (Fsp3) is 0.556. The maximum Gasteiger partial charge on any atom is 0.330 e. The Balaban J connectivity index is 3.05. The molecule has 0 fully saturated rings. The van der Waals surface area contributed by atoms with Crippen molar-refractivity contribution in [2.45, 2.75) is 25.7 Å². The summed E-state index contributed by atoms with van der Waals surface area (Å²) in [5.41, 5.74) is 0. The Kier molecular flexibility index (Phi) is 7.24. The third-order valence-corrected chi connectivity index (χ3v) is 1.38. The van der Waals surface area contributed by atoms with Gasteiger partial charge in [0.2, 0.25) is 0 Å². The smallest absolute Gasteiger partial charge is 0.330 e. The first-order valence-corrected chi connectivity index (χ1v) is 4.04. The Bertz CT molecular complexity index is 152. The third kappa shape index (κ3) is 6.99. The zero-order chi connectivity index (χ0) is 9.23. The second kappa shape index (κ2) is 7.98. The zero-order valence-electron chi connectivity index (χ0n) is 7.12. The number of ether oxygens (including phenoxy) is 1.